The van der Waals surface area contributed by atoms with Crippen molar-refractivity contribution in [2.45, 2.75) is 29.2 Å². The molecular weight excluding hydrogens is 264 g/mol. The van der Waals surface area contributed by atoms with Gasteiger partial charge in [-0.1, -0.05) is 48.5 Å². The number of aliphatic hydroxyl groups is 1. The third-order valence-corrected chi connectivity index (χ3v) is 4.06. The Bertz CT molecular complexity index is 510. The van der Waals surface area contributed by atoms with Crippen molar-refractivity contribution in [2.24, 2.45) is 0 Å². The zero-order valence-electron chi connectivity index (χ0n) is 10.1. The second-order valence-electron chi connectivity index (χ2n) is 4.02. The molecule has 0 aliphatic heterocycles. The second kappa shape index (κ2) is 6.28. The molecular formula is C15H15ClOS. The summed E-state index contributed by atoms with van der Waals surface area (Å²) >= 11 is 7.52. The molecule has 0 aliphatic rings. The summed E-state index contributed by atoms with van der Waals surface area (Å²) in [6, 6.07) is 15.7. The smallest absolute Gasteiger partial charge is 0.0798 e. The zero-order valence-corrected chi connectivity index (χ0v) is 11.7. The van der Waals surface area contributed by atoms with Crippen molar-refractivity contribution in [3.63, 3.8) is 0 Å². The van der Waals surface area contributed by atoms with Crippen molar-refractivity contribution in [2.75, 3.05) is 0 Å². The Balaban J connectivity index is 2.26. The Morgan fingerprint density at radius 3 is 2.44 bits per heavy atom. The lowest BCUT2D eigenvalue weighted by Crippen LogP contribution is -1.96. The second-order valence-corrected chi connectivity index (χ2v) is 5.57. The summed E-state index contributed by atoms with van der Waals surface area (Å²) in [6.45, 7) is 1.98. The Kier molecular flexibility index (Phi) is 4.70. The minimum Gasteiger partial charge on any atom is -0.388 e. The van der Waals surface area contributed by atoms with Gasteiger partial charge < -0.3 is 5.11 Å². The lowest BCUT2D eigenvalue weighted by molar-refractivity contribution is 0.171. The summed E-state index contributed by atoms with van der Waals surface area (Å²) in [5.74, 6) is 0. The van der Waals surface area contributed by atoms with Gasteiger partial charge >= 0.3 is 0 Å². The van der Waals surface area contributed by atoms with Crippen LogP contribution in [0.5, 0.6) is 0 Å². The summed E-state index contributed by atoms with van der Waals surface area (Å²) in [5.41, 5.74) is 0.986. The molecule has 1 N–H and O–H groups in total. The Morgan fingerprint density at radius 2 is 1.78 bits per heavy atom. The molecule has 0 amide bonds. The minimum absolute atomic E-state index is 0.402. The molecule has 3 heteroatoms. The van der Waals surface area contributed by atoms with Gasteiger partial charge in [0.25, 0.3) is 0 Å². The fourth-order valence-electron chi connectivity index (χ4n) is 1.70. The van der Waals surface area contributed by atoms with Crippen molar-refractivity contribution in [1.82, 2.24) is 0 Å². The van der Waals surface area contributed by atoms with Gasteiger partial charge in [0.05, 0.1) is 6.10 Å². The first-order valence-corrected chi connectivity index (χ1v) is 7.10. The lowest BCUT2D eigenvalue weighted by Gasteiger charge is -2.13. The molecule has 0 unspecified atom stereocenters. The van der Waals surface area contributed by atoms with Crippen LogP contribution in [0.2, 0.25) is 5.02 Å². The highest BCUT2D eigenvalue weighted by Gasteiger charge is 2.10. The van der Waals surface area contributed by atoms with E-state index in [9.17, 15) is 5.11 Å². The highest BCUT2D eigenvalue weighted by atomic mass is 35.5. The van der Waals surface area contributed by atoms with E-state index in [1.165, 1.54) is 0 Å². The Hall–Kier alpha value is -0.960. The van der Waals surface area contributed by atoms with Crippen LogP contribution in [0.15, 0.2) is 58.3 Å². The molecule has 18 heavy (non-hydrogen) atoms. The molecule has 0 spiro atoms. The first kappa shape index (κ1) is 13.5. The molecule has 0 aliphatic carbocycles. The largest absolute Gasteiger partial charge is 0.388 e. The quantitative estimate of drug-likeness (QED) is 0.855. The van der Waals surface area contributed by atoms with Gasteiger partial charge in [-0.15, -0.1) is 0 Å². The van der Waals surface area contributed by atoms with Gasteiger partial charge in [-0.25, -0.2) is 0 Å². The van der Waals surface area contributed by atoms with Gasteiger partial charge in [0.15, 0.2) is 0 Å². The number of benzene rings is 2. The average molecular weight is 279 g/mol. The van der Waals surface area contributed by atoms with Gasteiger partial charge in [-0.3, -0.25) is 0 Å². The van der Waals surface area contributed by atoms with Crippen molar-refractivity contribution in [3.8, 4) is 0 Å². The standard InChI is InChI=1S/C15H15ClOS/c1-2-14(17)13-5-3-4-6-15(13)18-12-9-7-11(16)8-10-12/h3-10,14,17H,2H2,1H3/t14-/m0/s1. The molecule has 0 radical (unpaired) electrons. The summed E-state index contributed by atoms with van der Waals surface area (Å²) in [7, 11) is 0. The zero-order chi connectivity index (χ0) is 13.0. The van der Waals surface area contributed by atoms with Crippen LogP contribution in [0, 0.1) is 0 Å². The summed E-state index contributed by atoms with van der Waals surface area (Å²) in [4.78, 5) is 2.21. The van der Waals surface area contributed by atoms with Crippen LogP contribution in [0.3, 0.4) is 0 Å². The van der Waals surface area contributed by atoms with E-state index in [-0.39, 0.29) is 0 Å². The van der Waals surface area contributed by atoms with Gasteiger partial charge in [0, 0.05) is 14.8 Å². The Labute approximate surface area is 117 Å². The van der Waals surface area contributed by atoms with Crippen molar-refractivity contribution < 1.29 is 5.11 Å². The first-order valence-electron chi connectivity index (χ1n) is 5.91. The maximum absolute atomic E-state index is 10.00. The molecule has 0 fully saturated rings. The molecule has 2 aromatic carbocycles. The monoisotopic (exact) mass is 278 g/mol. The highest BCUT2D eigenvalue weighted by molar-refractivity contribution is 7.99. The van der Waals surface area contributed by atoms with Crippen molar-refractivity contribution in [3.05, 3.63) is 59.1 Å². The highest BCUT2D eigenvalue weighted by Crippen LogP contribution is 2.34. The maximum atomic E-state index is 10.00. The van der Waals surface area contributed by atoms with Crippen molar-refractivity contribution in [1.29, 1.82) is 0 Å². The first-order chi connectivity index (χ1) is 8.70. The van der Waals surface area contributed by atoms with Gasteiger partial charge in [-0.05, 0) is 42.3 Å². The predicted molar refractivity (Wildman–Crippen MR) is 77.3 cm³/mol. The number of aliphatic hydroxyl groups excluding tert-OH is 1. The van der Waals surface area contributed by atoms with E-state index in [1.807, 2.05) is 55.5 Å². The summed E-state index contributed by atoms with van der Waals surface area (Å²) in [6.07, 6.45) is 0.319. The average Bonchev–Trinajstić information content (AvgIpc) is 2.41. The van der Waals surface area contributed by atoms with E-state index >= 15 is 0 Å². The van der Waals surface area contributed by atoms with Crippen LogP contribution in [0.4, 0.5) is 0 Å². The van der Waals surface area contributed by atoms with E-state index < -0.39 is 6.10 Å². The van der Waals surface area contributed by atoms with Gasteiger partial charge in [0.1, 0.15) is 0 Å². The van der Waals surface area contributed by atoms with Crippen LogP contribution >= 0.6 is 23.4 Å². The van der Waals surface area contributed by atoms with E-state index in [0.29, 0.717) is 0 Å². The third kappa shape index (κ3) is 3.29. The van der Waals surface area contributed by atoms with Crippen LogP contribution in [0.25, 0.3) is 0 Å². The van der Waals surface area contributed by atoms with Crippen LogP contribution in [-0.4, -0.2) is 5.11 Å². The molecule has 0 heterocycles. The normalized spacial score (nSPS) is 12.4. The van der Waals surface area contributed by atoms with Gasteiger partial charge in [0.2, 0.25) is 0 Å². The topological polar surface area (TPSA) is 20.2 Å². The van der Waals surface area contributed by atoms with Crippen LogP contribution in [0.1, 0.15) is 25.0 Å². The van der Waals surface area contributed by atoms with E-state index in [2.05, 4.69) is 0 Å². The Morgan fingerprint density at radius 1 is 1.11 bits per heavy atom. The van der Waals surface area contributed by atoms with E-state index in [4.69, 9.17) is 11.6 Å². The number of hydrogen-bond acceptors (Lipinski definition) is 2. The molecule has 0 bridgehead atoms. The van der Waals surface area contributed by atoms with E-state index in [1.54, 1.807) is 11.8 Å². The number of halogens is 1. The molecule has 0 saturated carbocycles. The summed E-state index contributed by atoms with van der Waals surface area (Å²) < 4.78 is 0. The number of rotatable bonds is 4. The molecule has 0 saturated heterocycles. The predicted octanol–water partition coefficient (Wildman–Crippen LogP) is 4.93. The lowest BCUT2D eigenvalue weighted by atomic mass is 10.1. The summed E-state index contributed by atoms with van der Waals surface area (Å²) in [5, 5.41) is 10.7. The van der Waals surface area contributed by atoms with Crippen LogP contribution in [-0.2, 0) is 0 Å². The van der Waals surface area contributed by atoms with E-state index in [0.717, 1.165) is 26.8 Å². The number of hydrogen-bond donors (Lipinski definition) is 1. The van der Waals surface area contributed by atoms with Gasteiger partial charge in [-0.2, -0.15) is 0 Å². The SMILES string of the molecule is CC[C@H](O)c1ccccc1Sc1ccc(Cl)cc1. The van der Waals surface area contributed by atoms with Crippen LogP contribution < -0.4 is 0 Å². The molecule has 2 rings (SSSR count). The molecule has 1 nitrogen and oxygen atoms in total. The molecule has 94 valence electrons. The third-order valence-electron chi connectivity index (χ3n) is 2.71. The van der Waals surface area contributed by atoms with Crippen molar-refractivity contribution >= 4 is 23.4 Å². The molecule has 0 aromatic heterocycles. The molecule has 1 atom stereocenters. The molecule has 2 aromatic rings. The fraction of sp³-hybridized carbons (Fsp3) is 0.200. The maximum Gasteiger partial charge on any atom is 0.0798 e. The minimum atomic E-state index is -0.402. The fourth-order valence-corrected chi connectivity index (χ4v) is 2.82.